The van der Waals surface area contributed by atoms with Crippen LogP contribution in [0.4, 0.5) is 5.13 Å². The number of fused-ring (bicyclic) bond motifs is 1. The molecule has 1 atom stereocenters. The molecule has 1 aliphatic carbocycles. The van der Waals surface area contributed by atoms with Gasteiger partial charge < -0.3 is 0 Å². The number of carbonyl (C=O) groups excluding carboxylic acids is 1. The van der Waals surface area contributed by atoms with E-state index in [4.69, 9.17) is 0 Å². The summed E-state index contributed by atoms with van der Waals surface area (Å²) in [5.41, 5.74) is 0.983. The molecule has 22 heavy (non-hydrogen) atoms. The zero-order valence-electron chi connectivity index (χ0n) is 12.8. The molecule has 1 saturated carbocycles. The van der Waals surface area contributed by atoms with E-state index in [1.165, 1.54) is 0 Å². The molecule has 1 fully saturated rings. The van der Waals surface area contributed by atoms with Crippen LogP contribution in [0, 0.1) is 19.8 Å². The fraction of sp³-hybridized carbons (Fsp3) is 0.600. The van der Waals surface area contributed by atoms with Gasteiger partial charge in [-0.15, -0.1) is 11.3 Å². The number of carbonyl (C=O) groups is 1. The van der Waals surface area contributed by atoms with Crippen LogP contribution in [0.3, 0.4) is 0 Å². The van der Waals surface area contributed by atoms with Crippen LogP contribution < -0.4 is 4.90 Å². The van der Waals surface area contributed by atoms with Crippen molar-refractivity contribution < 1.29 is 4.79 Å². The molecule has 0 saturated heterocycles. The molecule has 2 aromatic rings. The van der Waals surface area contributed by atoms with E-state index < -0.39 is 0 Å². The lowest BCUT2D eigenvalue weighted by atomic mass is 9.98. The van der Waals surface area contributed by atoms with Crippen molar-refractivity contribution in [3.63, 3.8) is 0 Å². The minimum absolute atomic E-state index is 0.0154. The number of nitrogens with zero attached hydrogens (tertiary/aromatic N) is 5. The van der Waals surface area contributed by atoms with Gasteiger partial charge in [-0.2, -0.15) is 5.10 Å². The van der Waals surface area contributed by atoms with Gasteiger partial charge in [-0.25, -0.2) is 14.6 Å². The molecule has 0 N–H and O–H groups in total. The first kappa shape index (κ1) is 13.9. The first-order valence-electron chi connectivity index (χ1n) is 7.77. The fourth-order valence-corrected chi connectivity index (χ4v) is 3.93. The average molecular weight is 317 g/mol. The summed E-state index contributed by atoms with van der Waals surface area (Å²) in [6.45, 7) is 4.51. The molecule has 0 radical (unpaired) electrons. The van der Waals surface area contributed by atoms with Crippen molar-refractivity contribution in [1.29, 1.82) is 0 Å². The highest BCUT2D eigenvalue weighted by Crippen LogP contribution is 2.36. The first-order valence-corrected chi connectivity index (χ1v) is 8.65. The summed E-state index contributed by atoms with van der Waals surface area (Å²) >= 11 is 1.57. The molecule has 7 heteroatoms. The third-order valence-electron chi connectivity index (χ3n) is 4.28. The standard InChI is InChI=1S/C15H19N5OS/c1-9-8-22-15(16-9)20(12-4-5-12)14(21)11-3-6-13-17-10(2)18-19(13)7-11/h8,11-12H,3-7H2,1-2H3. The summed E-state index contributed by atoms with van der Waals surface area (Å²) in [6, 6.07) is 0.344. The molecule has 1 unspecified atom stereocenters. The van der Waals surface area contributed by atoms with Gasteiger partial charge in [-0.1, -0.05) is 0 Å². The van der Waals surface area contributed by atoms with Crippen LogP contribution >= 0.6 is 11.3 Å². The number of hydrogen-bond acceptors (Lipinski definition) is 5. The van der Waals surface area contributed by atoms with Gasteiger partial charge in [0.25, 0.3) is 0 Å². The minimum Gasteiger partial charge on any atom is -0.285 e. The van der Waals surface area contributed by atoms with E-state index in [1.54, 1.807) is 11.3 Å². The zero-order valence-corrected chi connectivity index (χ0v) is 13.6. The number of aromatic nitrogens is 4. The number of anilines is 1. The second kappa shape index (κ2) is 5.15. The Labute approximate surface area is 133 Å². The van der Waals surface area contributed by atoms with Crippen LogP contribution in [0.15, 0.2) is 5.38 Å². The van der Waals surface area contributed by atoms with Gasteiger partial charge >= 0.3 is 0 Å². The van der Waals surface area contributed by atoms with Gasteiger partial charge in [-0.3, -0.25) is 9.69 Å². The van der Waals surface area contributed by atoms with E-state index in [-0.39, 0.29) is 11.8 Å². The Kier molecular flexibility index (Phi) is 3.25. The Hall–Kier alpha value is -1.76. The highest BCUT2D eigenvalue weighted by atomic mass is 32.1. The fourth-order valence-electron chi connectivity index (χ4n) is 3.05. The number of amides is 1. The smallest absolute Gasteiger partial charge is 0.234 e. The maximum absolute atomic E-state index is 13.0. The van der Waals surface area contributed by atoms with Crippen LogP contribution in [0.5, 0.6) is 0 Å². The Morgan fingerprint density at radius 1 is 1.32 bits per heavy atom. The summed E-state index contributed by atoms with van der Waals surface area (Å²) in [7, 11) is 0. The molecule has 116 valence electrons. The summed E-state index contributed by atoms with van der Waals surface area (Å²) in [6.07, 6.45) is 3.85. The molecule has 6 nitrogen and oxygen atoms in total. The first-order chi connectivity index (χ1) is 10.6. The molecule has 0 aromatic carbocycles. The molecule has 3 heterocycles. The van der Waals surface area contributed by atoms with Crippen LogP contribution in [0.25, 0.3) is 0 Å². The molecule has 1 amide bonds. The topological polar surface area (TPSA) is 63.9 Å². The van der Waals surface area contributed by atoms with E-state index in [0.717, 1.165) is 48.2 Å². The van der Waals surface area contributed by atoms with E-state index >= 15 is 0 Å². The average Bonchev–Trinajstić information content (AvgIpc) is 3.11. The maximum atomic E-state index is 13.0. The van der Waals surface area contributed by atoms with Crippen LogP contribution in [-0.4, -0.2) is 31.7 Å². The van der Waals surface area contributed by atoms with Gasteiger partial charge in [0.1, 0.15) is 11.6 Å². The maximum Gasteiger partial charge on any atom is 0.234 e. The molecule has 1 aliphatic heterocycles. The summed E-state index contributed by atoms with van der Waals surface area (Å²) in [4.78, 5) is 23.9. The van der Waals surface area contributed by atoms with Crippen molar-refractivity contribution in [3.8, 4) is 0 Å². The van der Waals surface area contributed by atoms with Crippen molar-refractivity contribution in [2.24, 2.45) is 5.92 Å². The van der Waals surface area contributed by atoms with Gasteiger partial charge in [0.15, 0.2) is 5.13 Å². The van der Waals surface area contributed by atoms with Crippen molar-refractivity contribution in [1.82, 2.24) is 19.7 Å². The molecular weight excluding hydrogens is 298 g/mol. The highest BCUT2D eigenvalue weighted by molar-refractivity contribution is 7.14. The van der Waals surface area contributed by atoms with E-state index in [1.807, 2.05) is 28.8 Å². The van der Waals surface area contributed by atoms with E-state index in [9.17, 15) is 4.79 Å². The number of aryl methyl sites for hydroxylation is 3. The highest BCUT2D eigenvalue weighted by Gasteiger charge is 2.39. The Bertz CT molecular complexity index is 717. The largest absolute Gasteiger partial charge is 0.285 e. The molecule has 0 spiro atoms. The normalized spacial score (nSPS) is 20.7. The zero-order chi connectivity index (χ0) is 15.3. The lowest BCUT2D eigenvalue weighted by Gasteiger charge is -2.27. The van der Waals surface area contributed by atoms with Gasteiger partial charge in [0, 0.05) is 17.8 Å². The monoisotopic (exact) mass is 317 g/mol. The molecular formula is C15H19N5OS. The van der Waals surface area contributed by atoms with Crippen molar-refractivity contribution in [2.75, 3.05) is 4.90 Å². The molecule has 4 rings (SSSR count). The van der Waals surface area contributed by atoms with Crippen molar-refractivity contribution in [2.45, 2.75) is 52.1 Å². The third kappa shape index (κ3) is 2.43. The SMILES string of the molecule is Cc1csc(N(C(=O)C2CCc3nc(C)nn3C2)C2CC2)n1. The lowest BCUT2D eigenvalue weighted by molar-refractivity contribution is -0.123. The number of hydrogen-bond donors (Lipinski definition) is 0. The Morgan fingerprint density at radius 2 is 2.14 bits per heavy atom. The molecule has 2 aliphatic rings. The van der Waals surface area contributed by atoms with E-state index in [0.29, 0.717) is 12.6 Å². The molecule has 0 bridgehead atoms. The van der Waals surface area contributed by atoms with Crippen LogP contribution in [0.1, 0.15) is 36.6 Å². The minimum atomic E-state index is -0.0154. The summed E-state index contributed by atoms with van der Waals surface area (Å²) < 4.78 is 1.90. The second-order valence-corrected chi connectivity index (χ2v) is 7.04. The van der Waals surface area contributed by atoms with Crippen LogP contribution in [0.2, 0.25) is 0 Å². The lowest BCUT2D eigenvalue weighted by Crippen LogP contribution is -2.41. The Morgan fingerprint density at radius 3 is 2.82 bits per heavy atom. The van der Waals surface area contributed by atoms with Gasteiger partial charge in [0.2, 0.25) is 5.91 Å². The predicted octanol–water partition coefficient (Wildman–Crippen LogP) is 2.11. The summed E-state index contributed by atoms with van der Waals surface area (Å²) in [5.74, 6) is 1.98. The molecule has 2 aromatic heterocycles. The van der Waals surface area contributed by atoms with Crippen molar-refractivity contribution >= 4 is 22.4 Å². The summed E-state index contributed by atoms with van der Waals surface area (Å²) in [5, 5.41) is 7.27. The van der Waals surface area contributed by atoms with Gasteiger partial charge in [0.05, 0.1) is 18.2 Å². The van der Waals surface area contributed by atoms with Gasteiger partial charge in [-0.05, 0) is 33.1 Å². The predicted molar refractivity (Wildman–Crippen MR) is 83.9 cm³/mol. The number of rotatable bonds is 3. The van der Waals surface area contributed by atoms with Crippen LogP contribution in [-0.2, 0) is 17.8 Å². The Balaban J connectivity index is 1.57. The third-order valence-corrected chi connectivity index (χ3v) is 5.23. The van der Waals surface area contributed by atoms with Crippen molar-refractivity contribution in [3.05, 3.63) is 22.7 Å². The quantitative estimate of drug-likeness (QED) is 0.870. The second-order valence-electron chi connectivity index (χ2n) is 6.20. The number of thiazole rings is 1. The van der Waals surface area contributed by atoms with E-state index in [2.05, 4.69) is 15.1 Å².